The fraction of sp³-hybridized carbons (Fsp3) is 0.111. The number of hydrogen-bond donors (Lipinski definition) is 3. The lowest BCUT2D eigenvalue weighted by molar-refractivity contribution is 0.413. The minimum atomic E-state index is 0.368. The minimum absolute atomic E-state index is 0.368. The molecule has 1 aromatic rings. The Morgan fingerprint density at radius 1 is 1.64 bits per heavy atom. The van der Waals surface area contributed by atoms with Crippen LogP contribution in [0.4, 0.5) is 5.82 Å². The lowest BCUT2D eigenvalue weighted by atomic mass is 10.1. The van der Waals surface area contributed by atoms with E-state index in [0.717, 1.165) is 6.21 Å². The van der Waals surface area contributed by atoms with Gasteiger partial charge in [-0.2, -0.15) is 0 Å². The van der Waals surface area contributed by atoms with Gasteiger partial charge in [-0.15, -0.1) is 0 Å². The molecule has 0 fully saturated rings. The summed E-state index contributed by atoms with van der Waals surface area (Å²) < 4.78 is 5.09. The zero-order valence-corrected chi connectivity index (χ0v) is 7.82. The third-order valence-electron chi connectivity index (χ3n) is 1.75. The Morgan fingerprint density at radius 2 is 2.36 bits per heavy atom. The maximum Gasteiger partial charge on any atom is 0.132 e. The Hall–Kier alpha value is -2.04. The van der Waals surface area contributed by atoms with Gasteiger partial charge in [0.05, 0.1) is 7.11 Å². The largest absolute Gasteiger partial charge is 0.496 e. The van der Waals surface area contributed by atoms with E-state index in [0.29, 0.717) is 22.7 Å². The van der Waals surface area contributed by atoms with Gasteiger partial charge in [0, 0.05) is 35.8 Å². The third kappa shape index (κ3) is 1.82. The topological polar surface area (TPSA) is 98.0 Å². The first-order valence-corrected chi connectivity index (χ1v) is 3.95. The average Bonchev–Trinajstić information content (AvgIpc) is 2.21. The van der Waals surface area contributed by atoms with Crippen LogP contribution >= 0.6 is 0 Å². The normalized spacial score (nSPS) is 11.1. The predicted octanol–water partition coefficient (Wildman–Crippen LogP) is 0.622. The number of nitrogens with two attached hydrogens (primary N) is 2. The first kappa shape index (κ1) is 10.0. The summed E-state index contributed by atoms with van der Waals surface area (Å²) in [4.78, 5) is 3.90. The van der Waals surface area contributed by atoms with Gasteiger partial charge in [0.25, 0.3) is 0 Å². The van der Waals surface area contributed by atoms with Gasteiger partial charge in [-0.25, -0.2) is 4.98 Å². The van der Waals surface area contributed by atoms with Crippen LogP contribution in [0.25, 0.3) is 5.57 Å². The smallest absolute Gasteiger partial charge is 0.132 e. The standard InChI is InChI=1S/C9H12N4O/c1-14-8-2-9(12)13-5-7(8)6(3-10)4-11/h2-5,10H,11H2,1H3,(H2,12,13)/b6-4+,10-3?. The monoisotopic (exact) mass is 192 g/mol. The number of nitrogens with one attached hydrogen (secondary N) is 1. The van der Waals surface area contributed by atoms with E-state index in [1.807, 2.05) is 0 Å². The van der Waals surface area contributed by atoms with E-state index in [2.05, 4.69) is 4.98 Å². The molecule has 0 aliphatic rings. The van der Waals surface area contributed by atoms with Crippen molar-refractivity contribution < 1.29 is 4.74 Å². The molecular weight excluding hydrogens is 180 g/mol. The van der Waals surface area contributed by atoms with E-state index in [-0.39, 0.29) is 0 Å². The summed E-state index contributed by atoms with van der Waals surface area (Å²) in [5.74, 6) is 0.921. The third-order valence-corrected chi connectivity index (χ3v) is 1.75. The molecule has 0 amide bonds. The molecule has 0 saturated heterocycles. The summed E-state index contributed by atoms with van der Waals surface area (Å²) in [6.45, 7) is 0. The van der Waals surface area contributed by atoms with Gasteiger partial charge in [-0.05, 0) is 0 Å². The van der Waals surface area contributed by atoms with Crippen LogP contribution in [0.15, 0.2) is 18.5 Å². The summed E-state index contributed by atoms with van der Waals surface area (Å²) in [6, 6.07) is 1.59. The van der Waals surface area contributed by atoms with Crippen molar-refractivity contribution in [2.24, 2.45) is 5.73 Å². The number of nitrogen functional groups attached to an aromatic ring is 1. The van der Waals surface area contributed by atoms with Gasteiger partial charge in [0.1, 0.15) is 11.6 Å². The first-order valence-electron chi connectivity index (χ1n) is 3.95. The lowest BCUT2D eigenvalue weighted by Crippen LogP contribution is -1.98. The molecule has 0 aromatic carbocycles. The average molecular weight is 192 g/mol. The summed E-state index contributed by atoms with van der Waals surface area (Å²) in [6.07, 6.45) is 3.98. The first-order chi connectivity index (χ1) is 6.72. The van der Waals surface area contributed by atoms with E-state index in [4.69, 9.17) is 21.6 Å². The molecule has 14 heavy (non-hydrogen) atoms. The number of methoxy groups -OCH3 is 1. The Labute approximate surface area is 81.9 Å². The molecule has 5 N–H and O–H groups in total. The Balaban J connectivity index is 3.26. The molecule has 5 nitrogen and oxygen atoms in total. The van der Waals surface area contributed by atoms with Crippen molar-refractivity contribution in [2.45, 2.75) is 0 Å². The summed E-state index contributed by atoms with van der Waals surface area (Å²) in [7, 11) is 1.52. The molecule has 1 heterocycles. The van der Waals surface area contributed by atoms with E-state index in [1.165, 1.54) is 19.5 Å². The number of hydrogen-bond acceptors (Lipinski definition) is 5. The highest BCUT2D eigenvalue weighted by Gasteiger charge is 2.07. The Morgan fingerprint density at radius 3 is 2.86 bits per heavy atom. The van der Waals surface area contributed by atoms with Gasteiger partial charge in [0.15, 0.2) is 0 Å². The number of pyridine rings is 1. The number of anilines is 1. The maximum absolute atomic E-state index is 7.13. The van der Waals surface area contributed by atoms with Crippen molar-refractivity contribution in [2.75, 3.05) is 12.8 Å². The number of allylic oxidation sites excluding steroid dienone is 1. The molecule has 74 valence electrons. The van der Waals surface area contributed by atoms with Crippen LogP contribution in [-0.2, 0) is 0 Å². The molecule has 1 aromatic heterocycles. The molecular formula is C9H12N4O. The fourth-order valence-corrected chi connectivity index (χ4v) is 1.05. The van der Waals surface area contributed by atoms with Crippen LogP contribution in [-0.4, -0.2) is 18.3 Å². The molecule has 0 aliphatic heterocycles. The van der Waals surface area contributed by atoms with Crippen molar-refractivity contribution in [1.29, 1.82) is 5.41 Å². The molecule has 0 saturated carbocycles. The van der Waals surface area contributed by atoms with Crippen LogP contribution in [0.2, 0.25) is 0 Å². The lowest BCUT2D eigenvalue weighted by Gasteiger charge is -2.08. The van der Waals surface area contributed by atoms with Crippen LogP contribution in [0.5, 0.6) is 5.75 Å². The molecule has 0 aliphatic carbocycles. The van der Waals surface area contributed by atoms with Gasteiger partial charge in [-0.1, -0.05) is 0 Å². The predicted molar refractivity (Wildman–Crippen MR) is 56.1 cm³/mol. The number of aromatic nitrogens is 1. The quantitative estimate of drug-likeness (QED) is 0.611. The summed E-state index contributed by atoms with van der Waals surface area (Å²) >= 11 is 0. The Bertz CT molecular complexity index is 373. The van der Waals surface area contributed by atoms with E-state index in [9.17, 15) is 0 Å². The molecule has 0 radical (unpaired) electrons. The van der Waals surface area contributed by atoms with Crippen molar-refractivity contribution >= 4 is 17.6 Å². The van der Waals surface area contributed by atoms with E-state index < -0.39 is 0 Å². The van der Waals surface area contributed by atoms with Crippen molar-refractivity contribution in [3.8, 4) is 5.75 Å². The number of ether oxygens (including phenoxy) is 1. The molecule has 0 bridgehead atoms. The highest BCUT2D eigenvalue weighted by atomic mass is 16.5. The second-order valence-corrected chi connectivity index (χ2v) is 2.58. The fourth-order valence-electron chi connectivity index (χ4n) is 1.05. The zero-order valence-electron chi connectivity index (χ0n) is 7.82. The van der Waals surface area contributed by atoms with E-state index in [1.54, 1.807) is 6.07 Å². The highest BCUT2D eigenvalue weighted by Crippen LogP contribution is 2.24. The van der Waals surface area contributed by atoms with Crippen molar-refractivity contribution in [1.82, 2.24) is 4.98 Å². The second kappa shape index (κ2) is 4.27. The van der Waals surface area contributed by atoms with E-state index >= 15 is 0 Å². The van der Waals surface area contributed by atoms with Crippen LogP contribution in [0, 0.1) is 5.41 Å². The number of rotatable bonds is 3. The van der Waals surface area contributed by atoms with Crippen molar-refractivity contribution in [3.63, 3.8) is 0 Å². The molecule has 5 heteroatoms. The van der Waals surface area contributed by atoms with Gasteiger partial charge in [-0.3, -0.25) is 0 Å². The Kier molecular flexibility index (Phi) is 3.06. The van der Waals surface area contributed by atoms with Crippen LogP contribution in [0.3, 0.4) is 0 Å². The summed E-state index contributed by atoms with van der Waals surface area (Å²) in [5.41, 5.74) is 12.0. The van der Waals surface area contributed by atoms with Gasteiger partial charge < -0.3 is 21.6 Å². The molecule has 0 spiro atoms. The van der Waals surface area contributed by atoms with Crippen LogP contribution < -0.4 is 16.2 Å². The molecule has 1 rings (SSSR count). The van der Waals surface area contributed by atoms with Crippen LogP contribution in [0.1, 0.15) is 5.56 Å². The SMILES string of the molecule is COc1cc(N)ncc1/C(C=N)=C/N. The van der Waals surface area contributed by atoms with Crippen molar-refractivity contribution in [3.05, 3.63) is 24.0 Å². The number of nitrogens with zero attached hydrogens (tertiary/aromatic N) is 1. The van der Waals surface area contributed by atoms with Gasteiger partial charge in [0.2, 0.25) is 0 Å². The minimum Gasteiger partial charge on any atom is -0.496 e. The summed E-state index contributed by atoms with van der Waals surface area (Å²) in [5, 5.41) is 7.13. The van der Waals surface area contributed by atoms with Gasteiger partial charge >= 0.3 is 0 Å². The maximum atomic E-state index is 7.13. The molecule has 0 unspecified atom stereocenters. The second-order valence-electron chi connectivity index (χ2n) is 2.58. The highest BCUT2D eigenvalue weighted by molar-refractivity contribution is 6.09. The molecule has 0 atom stereocenters. The zero-order chi connectivity index (χ0) is 10.6.